The van der Waals surface area contributed by atoms with Crippen molar-refractivity contribution < 1.29 is 4.79 Å². The molecule has 1 aromatic rings. The number of hydrogen-bond acceptors (Lipinski definition) is 3. The van der Waals surface area contributed by atoms with E-state index < -0.39 is 0 Å². The van der Waals surface area contributed by atoms with Crippen molar-refractivity contribution in [3.8, 4) is 0 Å². The van der Waals surface area contributed by atoms with E-state index in [2.05, 4.69) is 33.6 Å². The lowest BCUT2D eigenvalue weighted by Crippen LogP contribution is -2.50. The molecule has 0 saturated carbocycles. The Kier molecular flexibility index (Phi) is 6.45. The summed E-state index contributed by atoms with van der Waals surface area (Å²) in [5, 5.41) is 10.5. The van der Waals surface area contributed by atoms with Crippen LogP contribution in [-0.2, 0) is 6.54 Å². The topological polar surface area (TPSA) is 62.2 Å². The van der Waals surface area contributed by atoms with Gasteiger partial charge in [-0.15, -0.1) is 0 Å². The number of carbonyl (C=O) groups excluding carboxylic acids is 1. The third-order valence-electron chi connectivity index (χ3n) is 4.58. The summed E-state index contributed by atoms with van der Waals surface area (Å²) < 4.78 is 1.94. The van der Waals surface area contributed by atoms with Gasteiger partial charge < -0.3 is 10.6 Å². The molecule has 1 saturated heterocycles. The maximum Gasteiger partial charge on any atom is 0.315 e. The van der Waals surface area contributed by atoms with Gasteiger partial charge in [0.25, 0.3) is 0 Å². The van der Waals surface area contributed by atoms with Crippen molar-refractivity contribution in [2.45, 2.75) is 65.6 Å². The van der Waals surface area contributed by atoms with Gasteiger partial charge in [-0.25, -0.2) is 4.79 Å². The number of amides is 2. The number of aromatic nitrogens is 2. The highest BCUT2D eigenvalue weighted by molar-refractivity contribution is 5.74. The third-order valence-corrected chi connectivity index (χ3v) is 4.58. The Morgan fingerprint density at radius 2 is 2.22 bits per heavy atom. The van der Waals surface area contributed by atoms with Crippen molar-refractivity contribution in [1.29, 1.82) is 0 Å². The number of urea groups is 1. The number of aryl methyl sites for hydroxylation is 2. The zero-order valence-corrected chi connectivity index (χ0v) is 14.9. The number of rotatable bonds is 6. The highest BCUT2D eigenvalue weighted by atomic mass is 16.2. The van der Waals surface area contributed by atoms with E-state index in [4.69, 9.17) is 0 Å². The molecular formula is C17H31N5O. The fourth-order valence-corrected chi connectivity index (χ4v) is 3.36. The van der Waals surface area contributed by atoms with Crippen LogP contribution in [-0.4, -0.2) is 52.4 Å². The van der Waals surface area contributed by atoms with Crippen LogP contribution < -0.4 is 10.6 Å². The molecule has 1 fully saturated rings. The first-order valence-corrected chi connectivity index (χ1v) is 8.79. The summed E-state index contributed by atoms with van der Waals surface area (Å²) in [6.45, 7) is 11.8. The molecule has 2 N–H and O–H groups in total. The van der Waals surface area contributed by atoms with E-state index in [1.807, 2.05) is 25.5 Å². The lowest BCUT2D eigenvalue weighted by atomic mass is 10.0. The average Bonchev–Trinajstić information content (AvgIpc) is 2.82. The molecule has 0 unspecified atom stereocenters. The summed E-state index contributed by atoms with van der Waals surface area (Å²) in [6, 6.07) is 2.49. The number of likely N-dealkylation sites (tertiary alicyclic amines) is 1. The number of carbonyl (C=O) groups is 1. The second-order valence-corrected chi connectivity index (χ2v) is 6.64. The predicted molar refractivity (Wildman–Crippen MR) is 92.6 cm³/mol. The van der Waals surface area contributed by atoms with Crippen LogP contribution >= 0.6 is 0 Å². The second-order valence-electron chi connectivity index (χ2n) is 6.64. The van der Waals surface area contributed by atoms with Crippen LogP contribution in [0.1, 0.15) is 44.5 Å². The third kappa shape index (κ3) is 5.23. The summed E-state index contributed by atoms with van der Waals surface area (Å²) in [5.74, 6) is 0. The van der Waals surface area contributed by atoms with Gasteiger partial charge in [0, 0.05) is 24.3 Å². The first kappa shape index (κ1) is 17.8. The second kappa shape index (κ2) is 8.34. The van der Waals surface area contributed by atoms with E-state index in [0.717, 1.165) is 31.0 Å². The van der Waals surface area contributed by atoms with Crippen LogP contribution in [0.4, 0.5) is 4.79 Å². The van der Waals surface area contributed by atoms with E-state index in [1.165, 1.54) is 19.3 Å². The molecule has 2 heterocycles. The maximum atomic E-state index is 12.1. The number of piperidine rings is 1. The summed E-state index contributed by atoms with van der Waals surface area (Å²) in [6.07, 6.45) is 3.71. The predicted octanol–water partition coefficient (Wildman–Crippen LogP) is 2.06. The Hall–Kier alpha value is -1.56. The summed E-state index contributed by atoms with van der Waals surface area (Å²) in [5.41, 5.74) is 2.13. The van der Waals surface area contributed by atoms with Gasteiger partial charge in [-0.3, -0.25) is 9.58 Å². The smallest absolute Gasteiger partial charge is 0.315 e. The lowest BCUT2D eigenvalue weighted by molar-refractivity contribution is 0.153. The van der Waals surface area contributed by atoms with Crippen LogP contribution in [0.5, 0.6) is 0 Å². The zero-order chi connectivity index (χ0) is 16.8. The fraction of sp³-hybridized carbons (Fsp3) is 0.765. The molecule has 2 rings (SSSR count). The monoisotopic (exact) mass is 321 g/mol. The van der Waals surface area contributed by atoms with E-state index in [-0.39, 0.29) is 12.1 Å². The van der Waals surface area contributed by atoms with Crippen LogP contribution in [0, 0.1) is 13.8 Å². The molecule has 0 aliphatic carbocycles. The Balaban J connectivity index is 1.74. The van der Waals surface area contributed by atoms with Gasteiger partial charge in [0.2, 0.25) is 0 Å². The summed E-state index contributed by atoms with van der Waals surface area (Å²) in [4.78, 5) is 14.6. The van der Waals surface area contributed by atoms with E-state index in [0.29, 0.717) is 12.6 Å². The standard InChI is InChI=1S/C17H31N5O/c1-5-21-9-7-6-8-16(21)11-18-17(23)19-14(3)12-22-15(4)10-13(2)20-22/h10,14,16H,5-9,11-12H2,1-4H3,(H2,18,19,23)/t14-,16+/m1/s1. The van der Waals surface area contributed by atoms with Gasteiger partial charge in [0.05, 0.1) is 12.2 Å². The minimum Gasteiger partial charge on any atom is -0.337 e. The molecule has 130 valence electrons. The number of nitrogens with one attached hydrogen (secondary N) is 2. The Labute approximate surface area is 139 Å². The van der Waals surface area contributed by atoms with Crippen LogP contribution in [0.3, 0.4) is 0 Å². The normalized spacial score (nSPS) is 20.3. The maximum absolute atomic E-state index is 12.1. The molecule has 6 heteroatoms. The molecule has 6 nitrogen and oxygen atoms in total. The van der Waals surface area contributed by atoms with Crippen molar-refractivity contribution >= 4 is 6.03 Å². The van der Waals surface area contributed by atoms with E-state index >= 15 is 0 Å². The van der Waals surface area contributed by atoms with Gasteiger partial charge in [-0.1, -0.05) is 13.3 Å². The minimum atomic E-state index is -0.0827. The molecule has 23 heavy (non-hydrogen) atoms. The number of nitrogens with zero attached hydrogens (tertiary/aromatic N) is 3. The summed E-state index contributed by atoms with van der Waals surface area (Å²) in [7, 11) is 0. The minimum absolute atomic E-state index is 0.0432. The van der Waals surface area contributed by atoms with Crippen molar-refractivity contribution in [1.82, 2.24) is 25.3 Å². The van der Waals surface area contributed by atoms with Crippen LogP contribution in [0.2, 0.25) is 0 Å². The van der Waals surface area contributed by atoms with Crippen molar-refractivity contribution in [3.05, 3.63) is 17.5 Å². The Morgan fingerprint density at radius 3 is 2.87 bits per heavy atom. The molecule has 2 atom stereocenters. The zero-order valence-electron chi connectivity index (χ0n) is 14.9. The number of likely N-dealkylation sites (N-methyl/N-ethyl adjacent to an activating group) is 1. The largest absolute Gasteiger partial charge is 0.337 e. The lowest BCUT2D eigenvalue weighted by Gasteiger charge is -2.35. The molecule has 2 amide bonds. The quantitative estimate of drug-likeness (QED) is 0.843. The molecule has 1 aromatic heterocycles. The van der Waals surface area contributed by atoms with Gasteiger partial charge in [-0.05, 0) is 52.8 Å². The molecular weight excluding hydrogens is 290 g/mol. The summed E-state index contributed by atoms with van der Waals surface area (Å²) >= 11 is 0. The Bertz CT molecular complexity index is 513. The molecule has 1 aliphatic rings. The SMILES string of the molecule is CCN1CCCC[C@H]1CNC(=O)N[C@H](C)Cn1nc(C)cc1C. The first-order chi connectivity index (χ1) is 11.0. The first-order valence-electron chi connectivity index (χ1n) is 8.79. The Morgan fingerprint density at radius 1 is 1.43 bits per heavy atom. The van der Waals surface area contributed by atoms with Gasteiger partial charge in [0.1, 0.15) is 0 Å². The molecule has 1 aliphatic heterocycles. The van der Waals surface area contributed by atoms with Crippen molar-refractivity contribution in [2.75, 3.05) is 19.6 Å². The van der Waals surface area contributed by atoms with Gasteiger partial charge >= 0.3 is 6.03 Å². The van der Waals surface area contributed by atoms with Crippen LogP contribution in [0.15, 0.2) is 6.07 Å². The van der Waals surface area contributed by atoms with Crippen molar-refractivity contribution in [3.63, 3.8) is 0 Å². The van der Waals surface area contributed by atoms with Crippen molar-refractivity contribution in [2.24, 2.45) is 0 Å². The number of hydrogen-bond donors (Lipinski definition) is 2. The molecule has 0 aromatic carbocycles. The highest BCUT2D eigenvalue weighted by Gasteiger charge is 2.21. The average molecular weight is 321 g/mol. The molecule has 0 spiro atoms. The van der Waals surface area contributed by atoms with Gasteiger partial charge in [0.15, 0.2) is 0 Å². The molecule has 0 bridgehead atoms. The van der Waals surface area contributed by atoms with Gasteiger partial charge in [-0.2, -0.15) is 5.10 Å². The van der Waals surface area contributed by atoms with E-state index in [9.17, 15) is 4.79 Å². The molecule has 0 radical (unpaired) electrons. The highest BCUT2D eigenvalue weighted by Crippen LogP contribution is 2.15. The fourth-order valence-electron chi connectivity index (χ4n) is 3.36. The van der Waals surface area contributed by atoms with E-state index in [1.54, 1.807) is 0 Å². The van der Waals surface area contributed by atoms with Crippen LogP contribution in [0.25, 0.3) is 0 Å².